The number of aromatic nitrogens is 2. The van der Waals surface area contributed by atoms with E-state index in [-0.39, 0.29) is 12.5 Å². The summed E-state index contributed by atoms with van der Waals surface area (Å²) in [6, 6.07) is 6.93. The van der Waals surface area contributed by atoms with E-state index < -0.39 is 0 Å². The summed E-state index contributed by atoms with van der Waals surface area (Å²) in [5, 5.41) is 7.46. The highest BCUT2D eigenvalue weighted by atomic mass is 35.5. The molecule has 0 bridgehead atoms. The van der Waals surface area contributed by atoms with E-state index in [0.717, 1.165) is 19.4 Å². The lowest BCUT2D eigenvalue weighted by Crippen LogP contribution is -2.41. The molecular weight excluding hydrogens is 370 g/mol. The summed E-state index contributed by atoms with van der Waals surface area (Å²) in [6.45, 7) is 2.36. The van der Waals surface area contributed by atoms with Crippen molar-refractivity contribution in [2.45, 2.75) is 19.4 Å². The first-order valence-electron chi connectivity index (χ1n) is 8.89. The van der Waals surface area contributed by atoms with Crippen molar-refractivity contribution < 1.29 is 19.0 Å². The largest absolute Gasteiger partial charge is 0.497 e. The molecule has 2 aromatic rings. The zero-order valence-electron chi connectivity index (χ0n) is 15.5. The minimum Gasteiger partial charge on any atom is -0.497 e. The summed E-state index contributed by atoms with van der Waals surface area (Å²) >= 11 is 6.17. The number of ether oxygens (including phenoxy) is 3. The number of hydrogen-bond acceptors (Lipinski definition) is 5. The highest BCUT2D eigenvalue weighted by Crippen LogP contribution is 2.29. The molecule has 3 rings (SSSR count). The van der Waals surface area contributed by atoms with Crippen LogP contribution >= 0.6 is 11.6 Å². The first-order valence-corrected chi connectivity index (χ1v) is 9.27. The fraction of sp³-hybridized carbons (Fsp3) is 0.474. The van der Waals surface area contributed by atoms with Gasteiger partial charge in [-0.1, -0.05) is 11.6 Å². The average molecular weight is 394 g/mol. The summed E-state index contributed by atoms with van der Waals surface area (Å²) < 4.78 is 16.0. The van der Waals surface area contributed by atoms with Gasteiger partial charge in [0.2, 0.25) is 0 Å². The second-order valence-electron chi connectivity index (χ2n) is 6.58. The molecule has 0 radical (unpaired) electrons. The molecule has 0 aliphatic carbocycles. The number of hydrogen-bond donors (Lipinski definition) is 1. The quantitative estimate of drug-likeness (QED) is 0.781. The second kappa shape index (κ2) is 9.10. The standard InChI is InChI=1S/C19H24ClN3O4/c1-25-11-13-4-3-7-23(10-13)19(24)17-8-14(21-22-17)12-27-18-6-5-15(26-2)9-16(18)20/h5-6,8-9,13H,3-4,7,10-12H2,1-2H3,(H,21,22)/t13-/m1/s1. The highest BCUT2D eigenvalue weighted by molar-refractivity contribution is 6.32. The molecule has 8 heteroatoms. The number of amides is 1. The van der Waals surface area contributed by atoms with Crippen molar-refractivity contribution in [2.75, 3.05) is 33.9 Å². The topological polar surface area (TPSA) is 76.7 Å². The molecule has 2 heterocycles. The molecular formula is C19H24ClN3O4. The molecule has 1 fully saturated rings. The number of rotatable bonds is 7. The number of nitrogens with one attached hydrogen (secondary N) is 1. The van der Waals surface area contributed by atoms with Crippen LogP contribution < -0.4 is 9.47 Å². The molecule has 1 aliphatic rings. The van der Waals surface area contributed by atoms with Crippen LogP contribution in [0.1, 0.15) is 29.0 Å². The molecule has 0 saturated carbocycles. The lowest BCUT2D eigenvalue weighted by Gasteiger charge is -2.31. The van der Waals surface area contributed by atoms with Gasteiger partial charge in [-0.15, -0.1) is 0 Å². The van der Waals surface area contributed by atoms with E-state index in [1.165, 1.54) is 0 Å². The van der Waals surface area contributed by atoms with Crippen LogP contribution in [0, 0.1) is 5.92 Å². The Balaban J connectivity index is 1.58. The molecule has 1 aromatic carbocycles. The van der Waals surface area contributed by atoms with Crippen LogP contribution in [-0.4, -0.2) is 54.9 Å². The third kappa shape index (κ3) is 4.93. The van der Waals surface area contributed by atoms with Crippen LogP contribution in [0.2, 0.25) is 5.02 Å². The van der Waals surface area contributed by atoms with Crippen molar-refractivity contribution in [3.63, 3.8) is 0 Å². The smallest absolute Gasteiger partial charge is 0.274 e. The van der Waals surface area contributed by atoms with Crippen LogP contribution in [0.3, 0.4) is 0 Å². The first kappa shape index (κ1) is 19.5. The fourth-order valence-electron chi connectivity index (χ4n) is 3.21. The molecule has 1 amide bonds. The normalized spacial score (nSPS) is 17.0. The number of nitrogens with zero attached hydrogens (tertiary/aromatic N) is 2. The number of H-pyrrole nitrogens is 1. The van der Waals surface area contributed by atoms with E-state index in [1.807, 2.05) is 4.90 Å². The molecule has 0 unspecified atom stereocenters. The Labute approximate surface area is 163 Å². The molecule has 1 saturated heterocycles. The Morgan fingerprint density at radius 2 is 2.22 bits per heavy atom. The maximum absolute atomic E-state index is 12.7. The van der Waals surface area contributed by atoms with Crippen LogP contribution in [0.4, 0.5) is 0 Å². The summed E-state index contributed by atoms with van der Waals surface area (Å²) in [7, 11) is 3.27. The Hall–Kier alpha value is -2.25. The van der Waals surface area contributed by atoms with Crippen LogP contribution in [0.15, 0.2) is 24.3 Å². The third-order valence-electron chi connectivity index (χ3n) is 4.58. The predicted molar refractivity (Wildman–Crippen MR) is 101 cm³/mol. The lowest BCUT2D eigenvalue weighted by molar-refractivity contribution is 0.0565. The number of methoxy groups -OCH3 is 2. The Morgan fingerprint density at radius 3 is 2.96 bits per heavy atom. The predicted octanol–water partition coefficient (Wildman–Crippen LogP) is 3.15. The zero-order valence-corrected chi connectivity index (χ0v) is 16.3. The van der Waals surface area contributed by atoms with Gasteiger partial charge in [-0.05, 0) is 37.0 Å². The maximum atomic E-state index is 12.7. The zero-order chi connectivity index (χ0) is 19.2. The van der Waals surface area contributed by atoms with E-state index in [9.17, 15) is 4.79 Å². The van der Waals surface area contributed by atoms with Gasteiger partial charge < -0.3 is 19.1 Å². The van der Waals surface area contributed by atoms with Crippen molar-refractivity contribution >= 4 is 17.5 Å². The van der Waals surface area contributed by atoms with Crippen LogP contribution in [0.25, 0.3) is 0 Å². The monoisotopic (exact) mass is 393 g/mol. The van der Waals surface area contributed by atoms with Gasteiger partial charge in [-0.3, -0.25) is 9.89 Å². The van der Waals surface area contributed by atoms with Gasteiger partial charge in [0.15, 0.2) is 5.69 Å². The SMILES string of the molecule is COC[C@@H]1CCCN(C(=O)c2cc(COc3ccc(OC)cc3Cl)[nH]n2)C1. The minimum atomic E-state index is -0.0687. The summed E-state index contributed by atoms with van der Waals surface area (Å²) in [5.41, 5.74) is 1.10. The summed E-state index contributed by atoms with van der Waals surface area (Å²) in [4.78, 5) is 14.5. The van der Waals surface area contributed by atoms with E-state index in [4.69, 9.17) is 25.8 Å². The molecule has 7 nitrogen and oxygen atoms in total. The van der Waals surface area contributed by atoms with Crippen molar-refractivity contribution in [2.24, 2.45) is 5.92 Å². The minimum absolute atomic E-state index is 0.0687. The number of piperidine rings is 1. The number of likely N-dealkylation sites (tertiary alicyclic amines) is 1. The number of halogens is 1. The van der Waals surface area contributed by atoms with Crippen LogP contribution in [-0.2, 0) is 11.3 Å². The van der Waals surface area contributed by atoms with Gasteiger partial charge in [0, 0.05) is 26.3 Å². The second-order valence-corrected chi connectivity index (χ2v) is 6.99. The molecule has 27 heavy (non-hydrogen) atoms. The summed E-state index contributed by atoms with van der Waals surface area (Å²) in [5.74, 6) is 1.51. The molecule has 0 spiro atoms. The van der Waals surface area contributed by atoms with E-state index >= 15 is 0 Å². The molecule has 1 atom stereocenters. The number of aromatic amines is 1. The molecule has 1 aromatic heterocycles. The number of carbonyl (C=O) groups is 1. The Bertz CT molecular complexity index is 778. The number of carbonyl (C=O) groups excluding carboxylic acids is 1. The van der Waals surface area contributed by atoms with Gasteiger partial charge in [0.25, 0.3) is 5.91 Å². The van der Waals surface area contributed by atoms with Gasteiger partial charge >= 0.3 is 0 Å². The van der Waals surface area contributed by atoms with Gasteiger partial charge in [-0.2, -0.15) is 5.10 Å². The lowest BCUT2D eigenvalue weighted by atomic mass is 9.99. The van der Waals surface area contributed by atoms with Gasteiger partial charge in [0.05, 0.1) is 24.4 Å². The number of benzene rings is 1. The van der Waals surface area contributed by atoms with Gasteiger partial charge in [0.1, 0.15) is 18.1 Å². The van der Waals surface area contributed by atoms with Crippen LogP contribution in [0.5, 0.6) is 11.5 Å². The molecule has 1 N–H and O–H groups in total. The van der Waals surface area contributed by atoms with Crippen molar-refractivity contribution in [3.05, 3.63) is 40.7 Å². The van der Waals surface area contributed by atoms with Crippen molar-refractivity contribution in [1.29, 1.82) is 0 Å². The highest BCUT2D eigenvalue weighted by Gasteiger charge is 2.25. The van der Waals surface area contributed by atoms with Gasteiger partial charge in [-0.25, -0.2) is 0 Å². The van der Waals surface area contributed by atoms with Crippen molar-refractivity contribution in [1.82, 2.24) is 15.1 Å². The molecule has 1 aliphatic heterocycles. The maximum Gasteiger partial charge on any atom is 0.274 e. The first-order chi connectivity index (χ1) is 13.1. The van der Waals surface area contributed by atoms with E-state index in [2.05, 4.69) is 10.2 Å². The Morgan fingerprint density at radius 1 is 1.37 bits per heavy atom. The fourth-order valence-corrected chi connectivity index (χ4v) is 3.43. The van der Waals surface area contributed by atoms with E-state index in [0.29, 0.717) is 47.0 Å². The molecule has 146 valence electrons. The van der Waals surface area contributed by atoms with E-state index in [1.54, 1.807) is 38.5 Å². The third-order valence-corrected chi connectivity index (χ3v) is 4.88. The summed E-state index contributed by atoms with van der Waals surface area (Å²) in [6.07, 6.45) is 2.07. The van der Waals surface area contributed by atoms with Crippen molar-refractivity contribution in [3.8, 4) is 11.5 Å². The Kier molecular flexibility index (Phi) is 6.58. The average Bonchev–Trinajstić information content (AvgIpc) is 3.16.